The Morgan fingerprint density at radius 2 is 0.846 bits per heavy atom. The van der Waals surface area contributed by atoms with Gasteiger partial charge in [0.1, 0.15) is 6.61 Å². The summed E-state index contributed by atoms with van der Waals surface area (Å²) in [5, 5.41) is 51.2. The quantitative estimate of drug-likeness (QED) is 0.0203. The lowest BCUT2D eigenvalue weighted by Gasteiger charge is -2.39. The summed E-state index contributed by atoms with van der Waals surface area (Å²) in [6.07, 6.45) is 23.1. The summed E-state index contributed by atoms with van der Waals surface area (Å²) in [7, 11) is 5.01. The number of ether oxygens (including phenoxy) is 8. The van der Waals surface area contributed by atoms with Crippen molar-refractivity contribution >= 4 is 11.9 Å². The first kappa shape index (κ1) is 94.9. The Balaban J connectivity index is -0.000000516. The summed E-state index contributed by atoms with van der Waals surface area (Å²) in [5.74, 6) is -0.910. The number of aromatic carboxylic acids is 1. The minimum atomic E-state index is -0.879. The zero-order chi connectivity index (χ0) is 68.6. The number of nitrogens with zero attached hydrogens (tertiary/aromatic N) is 5. The number of morpholine rings is 1. The number of β-amino-alcohol motifs (C(OH)–C–C–N with tert-alkyl or cyclic N) is 2. The standard InChI is InChI=1S/C18H35NO3.C16H36N.C15H33NO6.C8H19NO2.C7H6O2.C6H15NO3/c1-2-3-4-5-6-7-8-9-10-11-18(20)22-17-14-19-12-15-21-16-13-19;1-5-9-13-17(14-10-6-2,15-11-7-3)16-12-8-4;1-17-10-13-20-7-4-16(5-8-21-14-11-18-2)6-9-22-15-12-19-3;1-8(2,3)9(4-6-10)5-7-11;8-7(9)6-4-2-1-3-5-6;8-4-1-7(2-5-9)3-6-10/h2-17H2,1H3;5-16H2,1-4H3;4-15H2,1-3H3;10-11H,4-7H2,1-3H3;1-5H,(H,8,9);8-10H,1-6H2/q;+1;;;;. The molecule has 0 bridgehead atoms. The van der Waals surface area contributed by atoms with Gasteiger partial charge in [-0.05, 0) is 65.0 Å². The van der Waals surface area contributed by atoms with Crippen LogP contribution in [0.3, 0.4) is 0 Å². The smallest absolute Gasteiger partial charge is 0.335 e. The van der Waals surface area contributed by atoms with Crippen molar-refractivity contribution in [2.45, 2.75) is 177 Å². The molecular formula is C70H144N5O16+. The molecule has 1 aliphatic heterocycles. The van der Waals surface area contributed by atoms with E-state index in [9.17, 15) is 9.59 Å². The first-order chi connectivity index (χ1) is 44.1. The number of esters is 1. The van der Waals surface area contributed by atoms with E-state index in [2.05, 4.69) is 65.2 Å². The van der Waals surface area contributed by atoms with Gasteiger partial charge in [-0.15, -0.1) is 0 Å². The van der Waals surface area contributed by atoms with E-state index in [1.54, 1.807) is 56.6 Å². The van der Waals surface area contributed by atoms with Crippen LogP contribution in [0.15, 0.2) is 30.3 Å². The third-order valence-electron chi connectivity index (χ3n) is 15.1. The summed E-state index contributed by atoms with van der Waals surface area (Å²) >= 11 is 0. The molecule has 0 atom stereocenters. The molecule has 6 N–H and O–H groups in total. The molecule has 1 aromatic carbocycles. The highest BCUT2D eigenvalue weighted by Crippen LogP contribution is 2.17. The summed E-state index contributed by atoms with van der Waals surface area (Å²) < 4.78 is 43.4. The average molecular weight is 1310 g/mol. The van der Waals surface area contributed by atoms with Crippen molar-refractivity contribution in [1.82, 2.24) is 19.6 Å². The Morgan fingerprint density at radius 1 is 0.484 bits per heavy atom. The molecule has 21 heteroatoms. The maximum Gasteiger partial charge on any atom is 0.335 e. The minimum Gasteiger partial charge on any atom is -0.478 e. The van der Waals surface area contributed by atoms with Crippen LogP contribution in [0.4, 0.5) is 0 Å². The van der Waals surface area contributed by atoms with Crippen molar-refractivity contribution in [1.29, 1.82) is 0 Å². The molecule has 1 aliphatic rings. The van der Waals surface area contributed by atoms with E-state index < -0.39 is 5.97 Å². The van der Waals surface area contributed by atoms with E-state index in [0.29, 0.717) is 111 Å². The van der Waals surface area contributed by atoms with Gasteiger partial charge in [0.2, 0.25) is 0 Å². The van der Waals surface area contributed by atoms with Gasteiger partial charge in [-0.1, -0.05) is 130 Å². The SMILES string of the molecule is CC(C)(C)N(CCO)CCO.CCCCCCCCCCCC(=O)OCCN1CCOCC1.CCCC[N+](CCCC)(CCCC)CCCC.COCCOCCN(CCOCCOC)CCOCCOC.O=C(O)c1ccccc1.OCCN(CCO)CCO. The van der Waals surface area contributed by atoms with Crippen LogP contribution in [0.25, 0.3) is 0 Å². The number of methoxy groups -OCH3 is 3. The average Bonchev–Trinajstić information content (AvgIpc) is 2.76. The van der Waals surface area contributed by atoms with Crippen LogP contribution in [0.5, 0.6) is 0 Å². The molecule has 21 nitrogen and oxygen atoms in total. The predicted octanol–water partition coefficient (Wildman–Crippen LogP) is 8.79. The second kappa shape index (κ2) is 74.9. The first-order valence-corrected chi connectivity index (χ1v) is 35.1. The highest BCUT2D eigenvalue weighted by atomic mass is 16.5. The minimum absolute atomic E-state index is 0.0313. The van der Waals surface area contributed by atoms with Crippen molar-refractivity contribution in [3.05, 3.63) is 35.9 Å². The van der Waals surface area contributed by atoms with Gasteiger partial charge in [-0.3, -0.25) is 24.4 Å². The maximum atomic E-state index is 11.6. The lowest BCUT2D eigenvalue weighted by Crippen LogP contribution is -2.50. The van der Waals surface area contributed by atoms with Gasteiger partial charge in [-0.25, -0.2) is 4.79 Å². The molecule has 1 aromatic rings. The number of carbonyl (C=O) groups excluding carboxylic acids is 1. The van der Waals surface area contributed by atoms with Crippen molar-refractivity contribution < 1.29 is 82.6 Å². The number of unbranched alkanes of at least 4 members (excludes halogenated alkanes) is 12. The van der Waals surface area contributed by atoms with Crippen LogP contribution in [-0.2, 0) is 42.7 Å². The lowest BCUT2D eigenvalue weighted by molar-refractivity contribution is -0.929. The number of aliphatic hydroxyl groups is 5. The monoisotopic (exact) mass is 1310 g/mol. The summed E-state index contributed by atoms with van der Waals surface area (Å²) in [4.78, 5) is 30.2. The fourth-order valence-corrected chi connectivity index (χ4v) is 9.42. The van der Waals surface area contributed by atoms with Crippen LogP contribution in [-0.4, -0.2) is 304 Å². The van der Waals surface area contributed by atoms with Crippen LogP contribution in [0, 0.1) is 0 Å². The molecule has 0 amide bonds. The molecule has 1 heterocycles. The molecule has 0 unspecified atom stereocenters. The van der Waals surface area contributed by atoms with Crippen LogP contribution in [0.1, 0.15) is 181 Å². The fraction of sp³-hybridized carbons (Fsp3) is 0.886. The zero-order valence-corrected chi connectivity index (χ0v) is 60.2. The van der Waals surface area contributed by atoms with E-state index in [4.69, 9.17) is 68.5 Å². The van der Waals surface area contributed by atoms with E-state index in [1.807, 2.05) is 4.90 Å². The Bertz CT molecular complexity index is 1480. The number of carboxylic acids is 1. The molecule has 0 aromatic heterocycles. The summed E-state index contributed by atoms with van der Waals surface area (Å²) in [6.45, 7) is 40.0. The van der Waals surface area contributed by atoms with Crippen LogP contribution in [0.2, 0.25) is 0 Å². The number of aliphatic hydroxyl groups excluding tert-OH is 5. The highest BCUT2D eigenvalue weighted by Gasteiger charge is 2.25. The van der Waals surface area contributed by atoms with E-state index >= 15 is 0 Å². The number of quaternary nitrogens is 1. The predicted molar refractivity (Wildman–Crippen MR) is 371 cm³/mol. The molecule has 1 fully saturated rings. The van der Waals surface area contributed by atoms with Crippen LogP contribution >= 0.6 is 0 Å². The summed E-state index contributed by atoms with van der Waals surface area (Å²) in [6, 6.07) is 8.30. The first-order valence-electron chi connectivity index (χ1n) is 35.1. The van der Waals surface area contributed by atoms with E-state index in [1.165, 1.54) is 127 Å². The third-order valence-corrected chi connectivity index (χ3v) is 15.1. The number of carbonyl (C=O) groups is 2. The number of carboxylic acid groups (broad SMARTS) is 1. The molecule has 91 heavy (non-hydrogen) atoms. The molecule has 1 saturated heterocycles. The third kappa shape index (κ3) is 68.7. The van der Waals surface area contributed by atoms with Gasteiger partial charge >= 0.3 is 11.9 Å². The van der Waals surface area contributed by atoms with Gasteiger partial charge < -0.3 is 73.0 Å². The van der Waals surface area contributed by atoms with Gasteiger partial charge in [0.15, 0.2) is 0 Å². The molecule has 0 aliphatic carbocycles. The molecule has 0 saturated carbocycles. The molecule has 2 rings (SSSR count). The van der Waals surface area contributed by atoms with Crippen molar-refractivity contribution in [3.8, 4) is 0 Å². The second-order valence-electron chi connectivity index (χ2n) is 23.8. The number of hydrogen-bond donors (Lipinski definition) is 6. The Labute approximate surface area is 556 Å². The normalized spacial score (nSPS) is 12.4. The fourth-order valence-electron chi connectivity index (χ4n) is 9.42. The van der Waals surface area contributed by atoms with Crippen molar-refractivity contribution in [2.75, 3.05) is 232 Å². The Hall–Kier alpha value is -2.52. The molecule has 0 spiro atoms. The van der Waals surface area contributed by atoms with Crippen molar-refractivity contribution in [2.24, 2.45) is 0 Å². The Morgan fingerprint density at radius 3 is 1.18 bits per heavy atom. The van der Waals surface area contributed by atoms with Gasteiger partial charge in [0.25, 0.3) is 0 Å². The zero-order valence-electron chi connectivity index (χ0n) is 60.2. The summed E-state index contributed by atoms with van der Waals surface area (Å²) in [5.41, 5.74) is 0.364. The van der Waals surface area contributed by atoms with E-state index in [0.717, 1.165) is 65.3 Å². The Kier molecular flexibility index (Phi) is 78.1. The number of hydrogen-bond acceptors (Lipinski definition) is 19. The van der Waals surface area contributed by atoms with E-state index in [-0.39, 0.29) is 44.5 Å². The number of benzene rings is 1. The van der Waals surface area contributed by atoms with Gasteiger partial charge in [0, 0.05) is 105 Å². The number of rotatable bonds is 54. The molecule has 0 radical (unpaired) electrons. The largest absolute Gasteiger partial charge is 0.478 e. The molecule has 544 valence electrons. The van der Waals surface area contributed by atoms with Crippen LogP contribution < -0.4 is 0 Å². The van der Waals surface area contributed by atoms with Crippen molar-refractivity contribution in [3.63, 3.8) is 0 Å². The second-order valence-corrected chi connectivity index (χ2v) is 23.8. The van der Waals surface area contributed by atoms with Gasteiger partial charge in [-0.2, -0.15) is 0 Å². The van der Waals surface area contributed by atoms with Gasteiger partial charge in [0.05, 0.1) is 137 Å². The molecular weight excluding hydrogens is 1170 g/mol. The highest BCUT2D eigenvalue weighted by molar-refractivity contribution is 5.87. The maximum absolute atomic E-state index is 11.6. The lowest BCUT2D eigenvalue weighted by atomic mass is 10.1. The topological polar surface area (TPSA) is 242 Å².